The normalized spacial score (nSPS) is 23.4. The number of hydrogen-bond acceptors (Lipinski definition) is 3. The van der Waals surface area contributed by atoms with Crippen molar-refractivity contribution in [3.8, 4) is 6.07 Å². The van der Waals surface area contributed by atoms with Gasteiger partial charge in [-0.3, -0.25) is 0 Å². The molecule has 0 bridgehead atoms. The number of rotatable bonds is 2. The predicted octanol–water partition coefficient (Wildman–Crippen LogP) is 2.71. The number of likely N-dealkylation sites (N-methyl/N-ethyl adjacent to an activating group) is 1. The molecule has 1 aromatic rings. The lowest BCUT2D eigenvalue weighted by Crippen LogP contribution is -2.34. The number of anilines is 1. The maximum absolute atomic E-state index is 9.24. The summed E-state index contributed by atoms with van der Waals surface area (Å²) < 4.78 is 0.958. The van der Waals surface area contributed by atoms with Crippen LogP contribution in [-0.2, 0) is 0 Å². The van der Waals surface area contributed by atoms with Crippen LogP contribution in [0.1, 0.15) is 12.5 Å². The lowest BCUT2D eigenvalue weighted by atomic mass is 10.1. The highest BCUT2D eigenvalue weighted by molar-refractivity contribution is 9.10. The molecule has 0 aromatic heterocycles. The molecule has 1 aliphatic heterocycles. The second kappa shape index (κ2) is 5.29. The molecule has 4 heteroatoms. The SMILES string of the molecule is CC1CN(c2ccc(Br)cc2C#N)CC1N(C)C. The van der Waals surface area contributed by atoms with E-state index in [1.165, 1.54) is 0 Å². The average Bonchev–Trinajstić information content (AvgIpc) is 2.71. The second-order valence-electron chi connectivity index (χ2n) is 5.19. The van der Waals surface area contributed by atoms with Crippen LogP contribution in [0.15, 0.2) is 22.7 Å². The molecule has 1 saturated heterocycles. The van der Waals surface area contributed by atoms with Gasteiger partial charge in [-0.25, -0.2) is 0 Å². The van der Waals surface area contributed by atoms with Crippen LogP contribution in [0.2, 0.25) is 0 Å². The van der Waals surface area contributed by atoms with E-state index in [0.29, 0.717) is 12.0 Å². The first-order valence-electron chi connectivity index (χ1n) is 6.14. The molecule has 1 heterocycles. The minimum atomic E-state index is 0.556. The maximum atomic E-state index is 9.24. The van der Waals surface area contributed by atoms with Gasteiger partial charge in [0.05, 0.1) is 11.3 Å². The van der Waals surface area contributed by atoms with Crippen LogP contribution in [0.4, 0.5) is 5.69 Å². The van der Waals surface area contributed by atoms with Gasteiger partial charge in [0.25, 0.3) is 0 Å². The molecule has 2 atom stereocenters. The van der Waals surface area contributed by atoms with Gasteiger partial charge in [0, 0.05) is 23.6 Å². The third-order valence-electron chi connectivity index (χ3n) is 3.66. The summed E-state index contributed by atoms with van der Waals surface area (Å²) >= 11 is 3.41. The van der Waals surface area contributed by atoms with Crippen LogP contribution in [0.25, 0.3) is 0 Å². The van der Waals surface area contributed by atoms with Gasteiger partial charge in [0.2, 0.25) is 0 Å². The summed E-state index contributed by atoms with van der Waals surface area (Å²) in [7, 11) is 4.24. The van der Waals surface area contributed by atoms with Crippen LogP contribution in [0, 0.1) is 17.2 Å². The third-order valence-corrected chi connectivity index (χ3v) is 4.15. The van der Waals surface area contributed by atoms with Gasteiger partial charge in [-0.2, -0.15) is 5.26 Å². The quantitative estimate of drug-likeness (QED) is 0.841. The van der Waals surface area contributed by atoms with Crippen molar-refractivity contribution in [1.29, 1.82) is 5.26 Å². The van der Waals surface area contributed by atoms with Gasteiger partial charge >= 0.3 is 0 Å². The molecule has 0 saturated carbocycles. The van der Waals surface area contributed by atoms with E-state index in [-0.39, 0.29) is 0 Å². The monoisotopic (exact) mass is 307 g/mol. The largest absolute Gasteiger partial charge is 0.369 e. The number of hydrogen-bond donors (Lipinski definition) is 0. The molecule has 1 aliphatic rings. The second-order valence-corrected chi connectivity index (χ2v) is 6.10. The fraction of sp³-hybridized carbons (Fsp3) is 0.500. The van der Waals surface area contributed by atoms with Gasteiger partial charge < -0.3 is 9.80 Å². The van der Waals surface area contributed by atoms with Crippen LogP contribution in [0.3, 0.4) is 0 Å². The first kappa shape index (κ1) is 13.4. The van der Waals surface area contributed by atoms with Gasteiger partial charge in [-0.1, -0.05) is 22.9 Å². The van der Waals surface area contributed by atoms with Crippen molar-refractivity contribution < 1.29 is 0 Å². The summed E-state index contributed by atoms with van der Waals surface area (Å²) in [6.07, 6.45) is 0. The zero-order valence-electron chi connectivity index (χ0n) is 11.0. The Morgan fingerprint density at radius 3 is 2.67 bits per heavy atom. The number of nitrogens with zero attached hydrogens (tertiary/aromatic N) is 3. The Balaban J connectivity index is 2.27. The van der Waals surface area contributed by atoms with Gasteiger partial charge in [-0.15, -0.1) is 0 Å². The van der Waals surface area contributed by atoms with E-state index in [2.05, 4.69) is 52.8 Å². The Morgan fingerprint density at radius 2 is 2.11 bits per heavy atom. The van der Waals surface area contributed by atoms with Crippen molar-refractivity contribution in [2.24, 2.45) is 5.92 Å². The molecule has 2 unspecified atom stereocenters. The molecule has 0 amide bonds. The van der Waals surface area contributed by atoms with Gasteiger partial charge in [-0.05, 0) is 38.2 Å². The summed E-state index contributed by atoms with van der Waals surface area (Å²) in [5.41, 5.74) is 1.80. The van der Waals surface area contributed by atoms with Crippen LogP contribution in [0.5, 0.6) is 0 Å². The zero-order chi connectivity index (χ0) is 13.3. The summed E-state index contributed by atoms with van der Waals surface area (Å²) in [6, 6.07) is 8.77. The van der Waals surface area contributed by atoms with Crippen molar-refractivity contribution in [3.63, 3.8) is 0 Å². The van der Waals surface area contributed by atoms with Crippen LogP contribution >= 0.6 is 15.9 Å². The Hall–Kier alpha value is -1.05. The molecule has 1 aromatic carbocycles. The van der Waals surface area contributed by atoms with Crippen molar-refractivity contribution in [2.45, 2.75) is 13.0 Å². The topological polar surface area (TPSA) is 30.3 Å². The molecule has 2 rings (SSSR count). The number of nitriles is 1. The fourth-order valence-electron chi connectivity index (χ4n) is 2.69. The van der Waals surface area contributed by atoms with Crippen molar-refractivity contribution >= 4 is 21.6 Å². The lowest BCUT2D eigenvalue weighted by molar-refractivity contribution is 0.266. The van der Waals surface area contributed by atoms with Crippen molar-refractivity contribution in [2.75, 3.05) is 32.1 Å². The molecule has 0 spiro atoms. The van der Waals surface area contributed by atoms with E-state index < -0.39 is 0 Å². The smallest absolute Gasteiger partial charge is 0.101 e. The van der Waals surface area contributed by atoms with E-state index >= 15 is 0 Å². The van der Waals surface area contributed by atoms with Crippen molar-refractivity contribution in [3.05, 3.63) is 28.2 Å². The summed E-state index contributed by atoms with van der Waals surface area (Å²) in [6.45, 7) is 4.28. The van der Waals surface area contributed by atoms with E-state index in [1.54, 1.807) is 0 Å². The fourth-order valence-corrected chi connectivity index (χ4v) is 3.05. The highest BCUT2D eigenvalue weighted by Crippen LogP contribution is 2.30. The molecular weight excluding hydrogens is 290 g/mol. The molecule has 0 radical (unpaired) electrons. The maximum Gasteiger partial charge on any atom is 0.101 e. The van der Waals surface area contributed by atoms with E-state index in [4.69, 9.17) is 0 Å². The molecule has 3 nitrogen and oxygen atoms in total. The Labute approximate surface area is 117 Å². The number of benzene rings is 1. The summed E-state index contributed by atoms with van der Waals surface area (Å²) in [4.78, 5) is 4.59. The minimum Gasteiger partial charge on any atom is -0.369 e. The first-order valence-corrected chi connectivity index (χ1v) is 6.93. The molecule has 0 N–H and O–H groups in total. The Morgan fingerprint density at radius 1 is 1.39 bits per heavy atom. The lowest BCUT2D eigenvalue weighted by Gasteiger charge is -2.23. The molecule has 18 heavy (non-hydrogen) atoms. The molecule has 1 fully saturated rings. The zero-order valence-corrected chi connectivity index (χ0v) is 12.6. The average molecular weight is 308 g/mol. The third kappa shape index (κ3) is 2.52. The predicted molar refractivity (Wildman–Crippen MR) is 77.7 cm³/mol. The standard InChI is InChI=1S/C14H18BrN3/c1-10-8-18(9-14(10)17(2)3)13-5-4-12(15)6-11(13)7-16/h4-6,10,14H,8-9H2,1-3H3. The van der Waals surface area contributed by atoms with E-state index in [9.17, 15) is 5.26 Å². The van der Waals surface area contributed by atoms with E-state index in [0.717, 1.165) is 28.8 Å². The van der Waals surface area contributed by atoms with Gasteiger partial charge in [0.1, 0.15) is 6.07 Å². The van der Waals surface area contributed by atoms with Crippen LogP contribution < -0.4 is 4.90 Å². The van der Waals surface area contributed by atoms with E-state index in [1.807, 2.05) is 18.2 Å². The highest BCUT2D eigenvalue weighted by atomic mass is 79.9. The highest BCUT2D eigenvalue weighted by Gasteiger charge is 2.31. The van der Waals surface area contributed by atoms with Gasteiger partial charge in [0.15, 0.2) is 0 Å². The molecule has 96 valence electrons. The first-order chi connectivity index (χ1) is 8.52. The Kier molecular flexibility index (Phi) is 3.94. The molecule has 0 aliphatic carbocycles. The Bertz CT molecular complexity index is 478. The number of halogens is 1. The van der Waals surface area contributed by atoms with Crippen LogP contribution in [-0.4, -0.2) is 38.1 Å². The summed E-state index contributed by atoms with van der Waals surface area (Å²) in [5.74, 6) is 0.621. The summed E-state index contributed by atoms with van der Waals surface area (Å²) in [5, 5.41) is 9.24. The van der Waals surface area contributed by atoms with Crippen molar-refractivity contribution in [1.82, 2.24) is 4.90 Å². The molecular formula is C14H18BrN3. The minimum absolute atomic E-state index is 0.556.